The average Bonchev–Trinajstić information content (AvgIpc) is 3.21. The lowest BCUT2D eigenvalue weighted by Crippen LogP contribution is -2.48. The summed E-state index contributed by atoms with van der Waals surface area (Å²) in [6.45, 7) is 4.75. The number of piperazine rings is 1. The topological polar surface area (TPSA) is 46.9 Å². The third kappa shape index (κ3) is 4.44. The minimum absolute atomic E-state index is 0.228. The number of benzene rings is 2. The number of rotatable bonds is 7. The fourth-order valence-electron chi connectivity index (χ4n) is 4.11. The van der Waals surface area contributed by atoms with Crippen molar-refractivity contribution in [3.05, 3.63) is 60.3 Å². The van der Waals surface area contributed by atoms with Crippen molar-refractivity contribution in [3.8, 4) is 11.5 Å². The lowest BCUT2D eigenvalue weighted by Gasteiger charge is -2.35. The summed E-state index contributed by atoms with van der Waals surface area (Å²) in [7, 11) is 3.36. The third-order valence-corrected chi connectivity index (χ3v) is 5.85. The number of methoxy groups -OCH3 is 2. The monoisotopic (exact) mass is 407 g/mol. The molecule has 0 radical (unpaired) electrons. The highest BCUT2D eigenvalue weighted by atomic mass is 16.5. The second-order valence-electron chi connectivity index (χ2n) is 7.65. The van der Waals surface area contributed by atoms with Gasteiger partial charge in [-0.05, 0) is 35.7 Å². The molecule has 0 aliphatic carbocycles. The van der Waals surface area contributed by atoms with E-state index in [4.69, 9.17) is 9.47 Å². The fraction of sp³-hybridized carbons (Fsp3) is 0.375. The maximum absolute atomic E-state index is 12.7. The van der Waals surface area contributed by atoms with Crippen LogP contribution in [0.3, 0.4) is 0 Å². The molecule has 1 saturated heterocycles. The first-order chi connectivity index (χ1) is 14.7. The SMILES string of the molecule is COc1ccc(OC)c(CN2CCN(C(=O)CCn3ccc4ccccc43)CC2)c1. The molecule has 0 bridgehead atoms. The molecule has 0 unspecified atom stereocenters. The molecule has 4 rings (SSSR count). The predicted molar refractivity (Wildman–Crippen MR) is 118 cm³/mol. The Morgan fingerprint density at radius 1 is 0.967 bits per heavy atom. The van der Waals surface area contributed by atoms with Gasteiger partial charge in [-0.15, -0.1) is 0 Å². The van der Waals surface area contributed by atoms with Gasteiger partial charge in [0.05, 0.1) is 14.2 Å². The van der Waals surface area contributed by atoms with Crippen molar-refractivity contribution >= 4 is 16.8 Å². The molecule has 1 amide bonds. The molecule has 3 aromatic rings. The Kier molecular flexibility index (Phi) is 6.23. The fourth-order valence-corrected chi connectivity index (χ4v) is 4.11. The van der Waals surface area contributed by atoms with E-state index in [0.717, 1.165) is 49.8 Å². The summed E-state index contributed by atoms with van der Waals surface area (Å²) >= 11 is 0. The first-order valence-corrected chi connectivity index (χ1v) is 10.4. The first-order valence-electron chi connectivity index (χ1n) is 10.4. The quantitative estimate of drug-likeness (QED) is 0.602. The number of carbonyl (C=O) groups is 1. The van der Waals surface area contributed by atoms with E-state index in [2.05, 4.69) is 33.9 Å². The second kappa shape index (κ2) is 9.22. The normalized spacial score (nSPS) is 14.8. The summed E-state index contributed by atoms with van der Waals surface area (Å²) in [6, 6.07) is 16.3. The number of amides is 1. The summed E-state index contributed by atoms with van der Waals surface area (Å²) in [5, 5.41) is 1.21. The first kappa shape index (κ1) is 20.3. The molecule has 0 N–H and O–H groups in total. The van der Waals surface area contributed by atoms with E-state index in [1.165, 1.54) is 10.9 Å². The van der Waals surface area contributed by atoms with Crippen LogP contribution in [0.4, 0.5) is 0 Å². The van der Waals surface area contributed by atoms with Crippen LogP contribution in [0.15, 0.2) is 54.7 Å². The van der Waals surface area contributed by atoms with Gasteiger partial charge in [-0.2, -0.15) is 0 Å². The van der Waals surface area contributed by atoms with Crippen LogP contribution in [0.1, 0.15) is 12.0 Å². The zero-order valence-corrected chi connectivity index (χ0v) is 17.7. The molecular formula is C24H29N3O3. The van der Waals surface area contributed by atoms with Gasteiger partial charge in [-0.3, -0.25) is 9.69 Å². The van der Waals surface area contributed by atoms with Crippen molar-refractivity contribution in [2.24, 2.45) is 0 Å². The number of aromatic nitrogens is 1. The highest BCUT2D eigenvalue weighted by molar-refractivity contribution is 5.80. The summed E-state index contributed by atoms with van der Waals surface area (Å²) in [5.74, 6) is 1.93. The number of ether oxygens (including phenoxy) is 2. The Labute approximate surface area is 177 Å². The molecule has 6 heteroatoms. The Balaban J connectivity index is 1.29. The van der Waals surface area contributed by atoms with Gasteiger partial charge in [0.1, 0.15) is 11.5 Å². The van der Waals surface area contributed by atoms with E-state index >= 15 is 0 Å². The average molecular weight is 408 g/mol. The van der Waals surface area contributed by atoms with Crippen LogP contribution < -0.4 is 9.47 Å². The van der Waals surface area contributed by atoms with Gasteiger partial charge >= 0.3 is 0 Å². The van der Waals surface area contributed by atoms with Crippen molar-refractivity contribution < 1.29 is 14.3 Å². The lowest BCUT2D eigenvalue weighted by atomic mass is 10.1. The molecule has 0 saturated carbocycles. The van der Waals surface area contributed by atoms with Crippen molar-refractivity contribution in [1.29, 1.82) is 0 Å². The van der Waals surface area contributed by atoms with Crippen LogP contribution in [0, 0.1) is 0 Å². The lowest BCUT2D eigenvalue weighted by molar-refractivity contribution is -0.133. The maximum Gasteiger partial charge on any atom is 0.224 e. The van der Waals surface area contributed by atoms with Gasteiger partial charge in [0.15, 0.2) is 0 Å². The van der Waals surface area contributed by atoms with E-state index in [9.17, 15) is 4.79 Å². The smallest absolute Gasteiger partial charge is 0.224 e. The van der Waals surface area contributed by atoms with Crippen LogP contribution >= 0.6 is 0 Å². The molecule has 6 nitrogen and oxygen atoms in total. The maximum atomic E-state index is 12.7. The number of carbonyl (C=O) groups excluding carboxylic acids is 1. The number of para-hydroxylation sites is 1. The molecule has 1 aliphatic heterocycles. The molecule has 2 heterocycles. The highest BCUT2D eigenvalue weighted by Gasteiger charge is 2.22. The van der Waals surface area contributed by atoms with Gasteiger partial charge in [-0.25, -0.2) is 0 Å². The molecule has 2 aromatic carbocycles. The summed E-state index contributed by atoms with van der Waals surface area (Å²) in [4.78, 5) is 17.1. The van der Waals surface area contributed by atoms with E-state index in [0.29, 0.717) is 13.0 Å². The Morgan fingerprint density at radius 2 is 1.77 bits per heavy atom. The minimum atomic E-state index is 0.228. The summed E-state index contributed by atoms with van der Waals surface area (Å²) in [6.07, 6.45) is 2.60. The molecular weight excluding hydrogens is 378 g/mol. The summed E-state index contributed by atoms with van der Waals surface area (Å²) in [5.41, 5.74) is 2.29. The second-order valence-corrected chi connectivity index (χ2v) is 7.65. The van der Waals surface area contributed by atoms with Gasteiger partial charge in [-0.1, -0.05) is 18.2 Å². The van der Waals surface area contributed by atoms with Crippen molar-refractivity contribution in [2.75, 3.05) is 40.4 Å². The summed E-state index contributed by atoms with van der Waals surface area (Å²) < 4.78 is 13.0. The number of hydrogen-bond acceptors (Lipinski definition) is 4. The van der Waals surface area contributed by atoms with E-state index in [1.807, 2.05) is 35.2 Å². The number of hydrogen-bond donors (Lipinski definition) is 0. The Bertz CT molecular complexity index is 1010. The van der Waals surface area contributed by atoms with E-state index in [1.54, 1.807) is 14.2 Å². The Hall–Kier alpha value is -2.99. The van der Waals surface area contributed by atoms with E-state index < -0.39 is 0 Å². The number of aryl methyl sites for hydroxylation is 1. The zero-order chi connectivity index (χ0) is 20.9. The van der Waals surface area contributed by atoms with Crippen LogP contribution in [0.5, 0.6) is 11.5 Å². The molecule has 1 fully saturated rings. The molecule has 0 atom stereocenters. The van der Waals surface area contributed by atoms with Gasteiger partial charge < -0.3 is 18.9 Å². The van der Waals surface area contributed by atoms with Gasteiger partial charge in [0.2, 0.25) is 5.91 Å². The largest absolute Gasteiger partial charge is 0.497 e. The predicted octanol–water partition coefficient (Wildman–Crippen LogP) is 3.39. The minimum Gasteiger partial charge on any atom is -0.497 e. The number of nitrogens with zero attached hydrogens (tertiary/aromatic N) is 3. The van der Waals surface area contributed by atoms with Crippen LogP contribution in [-0.4, -0.2) is 60.7 Å². The van der Waals surface area contributed by atoms with Crippen molar-refractivity contribution in [2.45, 2.75) is 19.5 Å². The van der Waals surface area contributed by atoms with Gasteiger partial charge in [0.25, 0.3) is 0 Å². The van der Waals surface area contributed by atoms with Gasteiger partial charge in [0, 0.05) is 63.0 Å². The third-order valence-electron chi connectivity index (χ3n) is 5.85. The highest BCUT2D eigenvalue weighted by Crippen LogP contribution is 2.25. The zero-order valence-electron chi connectivity index (χ0n) is 17.7. The molecule has 30 heavy (non-hydrogen) atoms. The van der Waals surface area contributed by atoms with Crippen molar-refractivity contribution in [1.82, 2.24) is 14.4 Å². The van der Waals surface area contributed by atoms with Crippen LogP contribution in [0.25, 0.3) is 10.9 Å². The molecule has 1 aliphatic rings. The standard InChI is InChI=1S/C24H29N3O3/c1-29-21-7-8-23(30-2)20(17-21)18-25-13-15-27(16-14-25)24(28)10-12-26-11-9-19-5-3-4-6-22(19)26/h3-9,11,17H,10,12-16,18H2,1-2H3. The van der Waals surface area contributed by atoms with Crippen LogP contribution in [-0.2, 0) is 17.9 Å². The van der Waals surface area contributed by atoms with Crippen molar-refractivity contribution in [3.63, 3.8) is 0 Å². The molecule has 1 aromatic heterocycles. The van der Waals surface area contributed by atoms with Crippen LogP contribution in [0.2, 0.25) is 0 Å². The molecule has 0 spiro atoms. The Morgan fingerprint density at radius 3 is 2.53 bits per heavy atom. The van der Waals surface area contributed by atoms with E-state index in [-0.39, 0.29) is 5.91 Å². The number of fused-ring (bicyclic) bond motifs is 1. The molecule has 158 valence electrons.